The standard InChI is InChI=1S/C3H6N2O3S2/c6-10(7,8)9-3-1-2-4-5-3/h3H,1-2H2,(H,6,7,8). The lowest BCUT2D eigenvalue weighted by Gasteiger charge is -1.98. The first-order valence-corrected chi connectivity index (χ1v) is 5.44. The van der Waals surface area contributed by atoms with Gasteiger partial charge < -0.3 is 0 Å². The highest BCUT2D eigenvalue weighted by atomic mass is 33.1. The maximum Gasteiger partial charge on any atom is 0.321 e. The molecule has 10 heavy (non-hydrogen) atoms. The van der Waals surface area contributed by atoms with E-state index in [0.717, 1.165) is 0 Å². The number of hydrogen-bond donors (Lipinski definition) is 1. The average Bonchev–Trinajstić information content (AvgIpc) is 2.12. The summed E-state index contributed by atoms with van der Waals surface area (Å²) in [6, 6.07) is 0. The topological polar surface area (TPSA) is 79.1 Å². The Labute approximate surface area is 62.1 Å². The molecule has 1 heterocycles. The van der Waals surface area contributed by atoms with Crippen molar-refractivity contribution in [2.45, 2.75) is 11.8 Å². The molecule has 0 saturated carbocycles. The molecule has 0 fully saturated rings. The van der Waals surface area contributed by atoms with Crippen molar-refractivity contribution in [2.75, 3.05) is 6.54 Å². The lowest BCUT2D eigenvalue weighted by atomic mass is 10.5. The van der Waals surface area contributed by atoms with E-state index in [2.05, 4.69) is 10.2 Å². The van der Waals surface area contributed by atoms with Gasteiger partial charge in [0.25, 0.3) is 0 Å². The van der Waals surface area contributed by atoms with Crippen LogP contribution >= 0.6 is 10.8 Å². The third-order valence-electron chi connectivity index (χ3n) is 0.919. The Bertz CT molecular complexity index is 234. The molecule has 0 aromatic carbocycles. The van der Waals surface area contributed by atoms with E-state index >= 15 is 0 Å². The molecule has 0 radical (unpaired) electrons. The van der Waals surface area contributed by atoms with Gasteiger partial charge in [-0.1, -0.05) is 0 Å². The average molecular weight is 182 g/mol. The molecule has 1 atom stereocenters. The van der Waals surface area contributed by atoms with E-state index < -0.39 is 14.5 Å². The molecule has 0 aromatic rings. The van der Waals surface area contributed by atoms with Crippen molar-refractivity contribution in [1.82, 2.24) is 0 Å². The Balaban J connectivity index is 2.47. The van der Waals surface area contributed by atoms with Gasteiger partial charge in [-0.3, -0.25) is 4.55 Å². The van der Waals surface area contributed by atoms with E-state index in [9.17, 15) is 8.42 Å². The summed E-state index contributed by atoms with van der Waals surface area (Å²) in [5.74, 6) is 0. The van der Waals surface area contributed by atoms with Crippen LogP contribution in [-0.4, -0.2) is 24.9 Å². The van der Waals surface area contributed by atoms with Crippen molar-refractivity contribution in [3.63, 3.8) is 0 Å². The first-order valence-electron chi connectivity index (χ1n) is 2.60. The molecule has 7 heteroatoms. The number of rotatable bonds is 2. The molecule has 58 valence electrons. The van der Waals surface area contributed by atoms with Crippen LogP contribution in [0.4, 0.5) is 0 Å². The minimum Gasteiger partial charge on any atom is -0.277 e. The summed E-state index contributed by atoms with van der Waals surface area (Å²) in [5, 5.41) is 6.74. The van der Waals surface area contributed by atoms with Crippen molar-refractivity contribution < 1.29 is 13.0 Å². The predicted octanol–water partition coefficient (Wildman–Crippen LogP) is 0.704. The molecule has 5 nitrogen and oxygen atoms in total. The second kappa shape index (κ2) is 2.85. The minimum atomic E-state index is -3.94. The fourth-order valence-corrected chi connectivity index (χ4v) is 2.42. The molecule has 1 unspecified atom stereocenters. The van der Waals surface area contributed by atoms with E-state index in [4.69, 9.17) is 4.55 Å². The fraction of sp³-hybridized carbons (Fsp3) is 1.00. The van der Waals surface area contributed by atoms with Crippen LogP contribution in [0.5, 0.6) is 0 Å². The Kier molecular flexibility index (Phi) is 2.27. The SMILES string of the molecule is O=S(=O)(O)SC1CCN=N1. The zero-order valence-corrected chi connectivity index (χ0v) is 6.60. The summed E-state index contributed by atoms with van der Waals surface area (Å²) < 4.78 is 28.7. The van der Waals surface area contributed by atoms with Gasteiger partial charge in [-0.25, -0.2) is 0 Å². The molecular weight excluding hydrogens is 176 g/mol. The molecule has 1 aliphatic heterocycles. The summed E-state index contributed by atoms with van der Waals surface area (Å²) >= 11 is 0. The maximum atomic E-state index is 10.2. The van der Waals surface area contributed by atoms with Gasteiger partial charge in [0.1, 0.15) is 5.37 Å². The third kappa shape index (κ3) is 2.63. The molecule has 0 spiro atoms. The molecule has 1 rings (SSSR count). The van der Waals surface area contributed by atoms with Gasteiger partial charge in [-0.15, -0.1) is 0 Å². The van der Waals surface area contributed by atoms with E-state index in [-0.39, 0.29) is 0 Å². The molecule has 1 N–H and O–H groups in total. The summed E-state index contributed by atoms with van der Waals surface area (Å²) in [6.45, 7) is 0.549. The monoisotopic (exact) mass is 182 g/mol. The van der Waals surface area contributed by atoms with Gasteiger partial charge in [0.15, 0.2) is 0 Å². The summed E-state index contributed by atoms with van der Waals surface area (Å²) in [5.41, 5.74) is 0. The second-order valence-corrected chi connectivity index (χ2v) is 5.18. The van der Waals surface area contributed by atoms with Crippen LogP contribution in [0.2, 0.25) is 0 Å². The highest BCUT2D eigenvalue weighted by Crippen LogP contribution is 2.25. The van der Waals surface area contributed by atoms with Gasteiger partial charge in [0.2, 0.25) is 0 Å². The molecule has 0 saturated heterocycles. The molecule has 0 amide bonds. The van der Waals surface area contributed by atoms with Crippen molar-refractivity contribution in [3.05, 3.63) is 0 Å². The Hall–Kier alpha value is -0.140. The Morgan fingerprint density at radius 2 is 2.30 bits per heavy atom. The number of azo groups is 1. The largest absolute Gasteiger partial charge is 0.321 e. The Morgan fingerprint density at radius 3 is 2.70 bits per heavy atom. The van der Waals surface area contributed by atoms with Crippen LogP contribution in [0.25, 0.3) is 0 Å². The maximum absolute atomic E-state index is 10.2. The molecule has 1 aliphatic rings. The van der Waals surface area contributed by atoms with Crippen molar-refractivity contribution >= 4 is 19.9 Å². The van der Waals surface area contributed by atoms with E-state index in [0.29, 0.717) is 23.8 Å². The van der Waals surface area contributed by atoms with Gasteiger partial charge in [-0.2, -0.15) is 18.6 Å². The normalized spacial score (nSPS) is 25.5. The molecule has 0 bridgehead atoms. The second-order valence-electron chi connectivity index (χ2n) is 1.75. The van der Waals surface area contributed by atoms with Crippen LogP contribution in [-0.2, 0) is 9.15 Å². The first-order chi connectivity index (χ1) is 4.58. The van der Waals surface area contributed by atoms with Gasteiger partial charge >= 0.3 is 9.15 Å². The smallest absolute Gasteiger partial charge is 0.277 e. The highest BCUT2D eigenvalue weighted by Gasteiger charge is 2.19. The van der Waals surface area contributed by atoms with Crippen LogP contribution in [0.3, 0.4) is 0 Å². The van der Waals surface area contributed by atoms with Crippen LogP contribution in [0.15, 0.2) is 10.2 Å². The minimum absolute atomic E-state index is 0.407. The van der Waals surface area contributed by atoms with Crippen LogP contribution < -0.4 is 0 Å². The van der Waals surface area contributed by atoms with Gasteiger partial charge in [0, 0.05) is 17.2 Å². The number of nitrogens with zero attached hydrogens (tertiary/aromatic N) is 2. The number of hydrogen-bond acceptors (Lipinski definition) is 5. The highest BCUT2D eigenvalue weighted by molar-refractivity contribution is 8.70. The quantitative estimate of drug-likeness (QED) is 0.503. The van der Waals surface area contributed by atoms with Gasteiger partial charge in [0.05, 0.1) is 6.54 Å². The van der Waals surface area contributed by atoms with Crippen molar-refractivity contribution in [3.8, 4) is 0 Å². The van der Waals surface area contributed by atoms with E-state index in [1.807, 2.05) is 0 Å². The molecular formula is C3H6N2O3S2. The van der Waals surface area contributed by atoms with E-state index in [1.54, 1.807) is 0 Å². The van der Waals surface area contributed by atoms with Crippen LogP contribution in [0, 0.1) is 0 Å². The lowest BCUT2D eigenvalue weighted by Crippen LogP contribution is -2.00. The zero-order valence-electron chi connectivity index (χ0n) is 4.97. The summed E-state index contributed by atoms with van der Waals surface area (Å²) in [4.78, 5) is 0. The molecule has 0 aromatic heterocycles. The third-order valence-corrected chi connectivity index (χ3v) is 3.11. The summed E-state index contributed by atoms with van der Waals surface area (Å²) in [6.07, 6.45) is 0.588. The van der Waals surface area contributed by atoms with E-state index in [1.165, 1.54) is 0 Å². The lowest BCUT2D eigenvalue weighted by molar-refractivity contribution is 0.502. The molecule has 0 aliphatic carbocycles. The van der Waals surface area contributed by atoms with Crippen molar-refractivity contribution in [1.29, 1.82) is 0 Å². The zero-order chi connectivity index (χ0) is 7.61. The summed E-state index contributed by atoms with van der Waals surface area (Å²) in [7, 11) is -3.51. The predicted molar refractivity (Wildman–Crippen MR) is 37.3 cm³/mol. The fourth-order valence-electron chi connectivity index (χ4n) is 0.582. The van der Waals surface area contributed by atoms with Crippen molar-refractivity contribution in [2.24, 2.45) is 10.2 Å². The first kappa shape index (κ1) is 7.96. The Morgan fingerprint density at radius 1 is 1.60 bits per heavy atom. The van der Waals surface area contributed by atoms with Gasteiger partial charge in [-0.05, 0) is 0 Å². The van der Waals surface area contributed by atoms with Crippen LogP contribution in [0.1, 0.15) is 6.42 Å².